The van der Waals surface area contributed by atoms with E-state index in [-0.39, 0.29) is 12.0 Å². The minimum absolute atomic E-state index is 0.0581. The van der Waals surface area contributed by atoms with Crippen molar-refractivity contribution in [1.29, 1.82) is 0 Å². The van der Waals surface area contributed by atoms with Crippen molar-refractivity contribution in [2.75, 3.05) is 18.6 Å². The molecular formula is C18H19ClN2O2S. The number of ether oxygens (including phenoxy) is 1. The Bertz CT molecular complexity index is 724. The zero-order valence-corrected chi connectivity index (χ0v) is 15.0. The van der Waals surface area contributed by atoms with Crippen molar-refractivity contribution in [2.24, 2.45) is 0 Å². The Morgan fingerprint density at radius 3 is 2.96 bits per heavy atom. The SMILES string of the molecule is CSCCC(=O)NCC1Cc2cc(Cl)cc(-c3ccncc3)c2O1. The minimum atomic E-state index is -0.0581. The Morgan fingerprint density at radius 1 is 1.42 bits per heavy atom. The number of benzene rings is 1. The maximum Gasteiger partial charge on any atom is 0.220 e. The number of halogens is 1. The largest absolute Gasteiger partial charge is 0.487 e. The van der Waals surface area contributed by atoms with Gasteiger partial charge in [0.1, 0.15) is 11.9 Å². The number of hydrogen-bond donors (Lipinski definition) is 1. The van der Waals surface area contributed by atoms with Crippen LogP contribution in [0.3, 0.4) is 0 Å². The molecule has 0 fully saturated rings. The molecule has 126 valence electrons. The number of fused-ring (bicyclic) bond motifs is 1. The van der Waals surface area contributed by atoms with Gasteiger partial charge in [-0.15, -0.1) is 0 Å². The molecule has 0 aliphatic carbocycles. The van der Waals surface area contributed by atoms with Gasteiger partial charge in [0, 0.05) is 47.1 Å². The quantitative estimate of drug-likeness (QED) is 0.853. The number of amides is 1. The van der Waals surface area contributed by atoms with E-state index in [1.54, 1.807) is 24.2 Å². The molecule has 0 bridgehead atoms. The highest BCUT2D eigenvalue weighted by Crippen LogP contribution is 2.40. The summed E-state index contributed by atoms with van der Waals surface area (Å²) in [6.07, 6.45) is 6.72. The van der Waals surface area contributed by atoms with Gasteiger partial charge in [0.05, 0.1) is 6.54 Å². The maximum atomic E-state index is 11.8. The van der Waals surface area contributed by atoms with Crippen molar-refractivity contribution in [3.8, 4) is 16.9 Å². The Hall–Kier alpha value is -1.72. The molecule has 0 radical (unpaired) electrons. The highest BCUT2D eigenvalue weighted by molar-refractivity contribution is 7.98. The van der Waals surface area contributed by atoms with Crippen molar-refractivity contribution in [2.45, 2.75) is 18.9 Å². The molecule has 0 saturated carbocycles. The van der Waals surface area contributed by atoms with Gasteiger partial charge < -0.3 is 10.1 Å². The van der Waals surface area contributed by atoms with Crippen molar-refractivity contribution >= 4 is 29.3 Å². The predicted octanol–water partition coefficient (Wildman–Crippen LogP) is 3.57. The highest BCUT2D eigenvalue weighted by Gasteiger charge is 2.26. The van der Waals surface area contributed by atoms with Crippen LogP contribution < -0.4 is 10.1 Å². The molecule has 1 atom stereocenters. The molecule has 3 rings (SSSR count). The molecule has 4 nitrogen and oxygen atoms in total. The lowest BCUT2D eigenvalue weighted by Crippen LogP contribution is -2.34. The molecule has 1 aliphatic heterocycles. The average molecular weight is 363 g/mol. The number of thioether (sulfide) groups is 1. The Labute approximate surface area is 151 Å². The first-order valence-electron chi connectivity index (χ1n) is 7.82. The summed E-state index contributed by atoms with van der Waals surface area (Å²) in [6.45, 7) is 0.509. The van der Waals surface area contributed by atoms with Crippen LogP contribution in [0.15, 0.2) is 36.7 Å². The molecule has 2 aromatic rings. The highest BCUT2D eigenvalue weighted by atomic mass is 35.5. The Kier molecular flexibility index (Phi) is 5.63. The molecule has 1 N–H and O–H groups in total. The maximum absolute atomic E-state index is 11.8. The molecule has 0 saturated heterocycles. The van der Waals surface area contributed by atoms with E-state index in [2.05, 4.69) is 10.3 Å². The summed E-state index contributed by atoms with van der Waals surface area (Å²) >= 11 is 7.93. The fourth-order valence-corrected chi connectivity index (χ4v) is 3.40. The second-order valence-corrected chi connectivity index (χ2v) is 7.09. The normalized spacial score (nSPS) is 15.7. The van der Waals surface area contributed by atoms with Crippen LogP contribution in [0.5, 0.6) is 5.75 Å². The molecule has 1 aromatic carbocycles. The fourth-order valence-electron chi connectivity index (χ4n) is 2.77. The molecule has 0 spiro atoms. The van der Waals surface area contributed by atoms with Gasteiger partial charge in [-0.3, -0.25) is 9.78 Å². The first-order valence-corrected chi connectivity index (χ1v) is 9.59. The van der Waals surface area contributed by atoms with E-state index in [1.807, 2.05) is 30.5 Å². The summed E-state index contributed by atoms with van der Waals surface area (Å²) < 4.78 is 6.10. The van der Waals surface area contributed by atoms with Gasteiger partial charge in [0.15, 0.2) is 0 Å². The van der Waals surface area contributed by atoms with Crippen LogP contribution in [0.1, 0.15) is 12.0 Å². The van der Waals surface area contributed by atoms with Crippen molar-refractivity contribution in [3.05, 3.63) is 47.2 Å². The van der Waals surface area contributed by atoms with Gasteiger partial charge in [-0.25, -0.2) is 0 Å². The van der Waals surface area contributed by atoms with Crippen LogP contribution >= 0.6 is 23.4 Å². The monoisotopic (exact) mass is 362 g/mol. The number of rotatable bonds is 6. The molecular weight excluding hydrogens is 344 g/mol. The number of nitrogens with zero attached hydrogens (tertiary/aromatic N) is 1. The third-order valence-electron chi connectivity index (χ3n) is 3.91. The van der Waals surface area contributed by atoms with Gasteiger partial charge >= 0.3 is 0 Å². The molecule has 1 unspecified atom stereocenters. The summed E-state index contributed by atoms with van der Waals surface area (Å²) in [5.74, 6) is 1.75. The first kappa shape index (κ1) is 17.1. The molecule has 1 aliphatic rings. The summed E-state index contributed by atoms with van der Waals surface area (Å²) in [5.41, 5.74) is 3.07. The standard InChI is InChI=1S/C18H19ClN2O2S/c1-24-7-4-17(22)21-11-15-9-13-8-14(19)10-16(18(13)23-15)12-2-5-20-6-3-12/h2-3,5-6,8,10,15H,4,7,9,11H2,1H3,(H,21,22). The number of aromatic nitrogens is 1. The number of carbonyl (C=O) groups is 1. The van der Waals surface area contributed by atoms with Crippen LogP contribution in [0, 0.1) is 0 Å². The topological polar surface area (TPSA) is 51.2 Å². The molecule has 2 heterocycles. The van der Waals surface area contributed by atoms with E-state index in [4.69, 9.17) is 16.3 Å². The van der Waals surface area contributed by atoms with Gasteiger partial charge in [-0.1, -0.05) is 11.6 Å². The summed E-state index contributed by atoms with van der Waals surface area (Å²) in [5, 5.41) is 3.64. The van der Waals surface area contributed by atoms with Crippen molar-refractivity contribution in [1.82, 2.24) is 10.3 Å². The van der Waals surface area contributed by atoms with Crippen LogP contribution in [0.2, 0.25) is 5.02 Å². The van der Waals surface area contributed by atoms with Crippen molar-refractivity contribution in [3.63, 3.8) is 0 Å². The fraction of sp³-hybridized carbons (Fsp3) is 0.333. The molecule has 1 amide bonds. The lowest BCUT2D eigenvalue weighted by Gasteiger charge is -2.13. The summed E-state index contributed by atoms with van der Waals surface area (Å²) in [7, 11) is 0. The zero-order valence-electron chi connectivity index (χ0n) is 13.4. The average Bonchev–Trinajstić information content (AvgIpc) is 3.00. The Balaban J connectivity index is 1.72. The van der Waals surface area contributed by atoms with Gasteiger partial charge in [0.2, 0.25) is 5.91 Å². The minimum Gasteiger partial charge on any atom is -0.487 e. The van der Waals surface area contributed by atoms with E-state index in [9.17, 15) is 4.79 Å². The summed E-state index contributed by atoms with van der Waals surface area (Å²) in [4.78, 5) is 15.8. The number of carbonyl (C=O) groups excluding carboxylic acids is 1. The molecule has 24 heavy (non-hydrogen) atoms. The summed E-state index contributed by atoms with van der Waals surface area (Å²) in [6, 6.07) is 7.73. The van der Waals surface area contributed by atoms with Crippen LogP contribution in [0.4, 0.5) is 0 Å². The van der Waals surface area contributed by atoms with Gasteiger partial charge in [0.25, 0.3) is 0 Å². The number of pyridine rings is 1. The van der Waals surface area contributed by atoms with Crippen LogP contribution in [0.25, 0.3) is 11.1 Å². The van der Waals surface area contributed by atoms with Gasteiger partial charge in [-0.05, 0) is 36.1 Å². The van der Waals surface area contributed by atoms with Crippen LogP contribution in [-0.4, -0.2) is 35.5 Å². The van der Waals surface area contributed by atoms with E-state index in [1.165, 1.54) is 0 Å². The zero-order chi connectivity index (χ0) is 16.9. The Morgan fingerprint density at radius 2 is 2.21 bits per heavy atom. The smallest absolute Gasteiger partial charge is 0.220 e. The van der Waals surface area contributed by atoms with E-state index in [0.717, 1.165) is 34.6 Å². The van der Waals surface area contributed by atoms with Gasteiger partial charge in [-0.2, -0.15) is 11.8 Å². The third-order valence-corrected chi connectivity index (χ3v) is 4.74. The molecule has 6 heteroatoms. The van der Waals surface area contributed by atoms with Crippen LogP contribution in [-0.2, 0) is 11.2 Å². The lowest BCUT2D eigenvalue weighted by molar-refractivity contribution is -0.121. The lowest BCUT2D eigenvalue weighted by atomic mass is 10.0. The number of nitrogens with one attached hydrogen (secondary N) is 1. The predicted molar refractivity (Wildman–Crippen MR) is 98.8 cm³/mol. The third kappa shape index (κ3) is 4.02. The number of hydrogen-bond acceptors (Lipinski definition) is 4. The van der Waals surface area contributed by atoms with Crippen molar-refractivity contribution < 1.29 is 9.53 Å². The van der Waals surface area contributed by atoms with E-state index >= 15 is 0 Å². The van der Waals surface area contributed by atoms with E-state index < -0.39 is 0 Å². The molecule has 1 aromatic heterocycles. The van der Waals surface area contributed by atoms with E-state index in [0.29, 0.717) is 18.0 Å². The second-order valence-electron chi connectivity index (χ2n) is 5.67. The first-order chi connectivity index (χ1) is 11.7. The second kappa shape index (κ2) is 7.90.